The minimum absolute atomic E-state index is 0.00555. The number of carboxylic acids is 1. The SMILES string of the molecule is Cc1ccc(C(=O)c2cccc3c2CCC3C(=O)O)s1. The number of fused-ring (bicyclic) bond motifs is 1. The molecule has 1 aromatic heterocycles. The molecule has 3 rings (SSSR count). The molecule has 102 valence electrons. The zero-order valence-corrected chi connectivity index (χ0v) is 11.9. The van der Waals surface area contributed by atoms with E-state index in [0.29, 0.717) is 18.4 Å². The molecule has 1 aromatic carbocycles. The Balaban J connectivity index is 2.04. The van der Waals surface area contributed by atoms with Crippen LogP contribution < -0.4 is 0 Å². The van der Waals surface area contributed by atoms with Gasteiger partial charge in [0.05, 0.1) is 10.8 Å². The first kappa shape index (κ1) is 13.1. The third-order valence-corrected chi connectivity index (χ3v) is 4.78. The van der Waals surface area contributed by atoms with E-state index in [2.05, 4.69) is 0 Å². The highest BCUT2D eigenvalue weighted by atomic mass is 32.1. The lowest BCUT2D eigenvalue weighted by Crippen LogP contribution is -2.08. The van der Waals surface area contributed by atoms with Crippen molar-refractivity contribution in [1.29, 1.82) is 0 Å². The Hall–Kier alpha value is -1.94. The van der Waals surface area contributed by atoms with Crippen molar-refractivity contribution in [3.63, 3.8) is 0 Å². The largest absolute Gasteiger partial charge is 0.481 e. The predicted molar refractivity (Wildman–Crippen MR) is 77.6 cm³/mol. The molecule has 0 saturated carbocycles. The van der Waals surface area contributed by atoms with Crippen LogP contribution >= 0.6 is 11.3 Å². The van der Waals surface area contributed by atoms with E-state index in [0.717, 1.165) is 20.9 Å². The summed E-state index contributed by atoms with van der Waals surface area (Å²) in [6, 6.07) is 9.19. The number of aryl methyl sites for hydroxylation is 1. The van der Waals surface area contributed by atoms with Gasteiger partial charge >= 0.3 is 5.97 Å². The first-order valence-corrected chi connectivity index (χ1v) is 7.35. The maximum Gasteiger partial charge on any atom is 0.310 e. The molecule has 0 saturated heterocycles. The molecular formula is C16H14O3S. The molecule has 0 amide bonds. The smallest absolute Gasteiger partial charge is 0.310 e. The third kappa shape index (κ3) is 2.06. The number of benzene rings is 1. The third-order valence-electron chi connectivity index (χ3n) is 3.78. The van der Waals surface area contributed by atoms with Gasteiger partial charge in [-0.2, -0.15) is 0 Å². The Morgan fingerprint density at radius 1 is 1.25 bits per heavy atom. The molecule has 1 heterocycles. The summed E-state index contributed by atoms with van der Waals surface area (Å²) in [6.45, 7) is 1.97. The molecule has 0 bridgehead atoms. The summed E-state index contributed by atoms with van der Waals surface area (Å²) < 4.78 is 0. The molecule has 1 N–H and O–H groups in total. The Morgan fingerprint density at radius 2 is 2.05 bits per heavy atom. The van der Waals surface area contributed by atoms with E-state index in [4.69, 9.17) is 0 Å². The molecule has 20 heavy (non-hydrogen) atoms. The molecule has 0 fully saturated rings. The van der Waals surface area contributed by atoms with Crippen molar-refractivity contribution in [2.24, 2.45) is 0 Å². The number of aliphatic carboxylic acids is 1. The van der Waals surface area contributed by atoms with E-state index in [9.17, 15) is 14.7 Å². The lowest BCUT2D eigenvalue weighted by atomic mass is 9.96. The van der Waals surface area contributed by atoms with Crippen LogP contribution in [0.4, 0.5) is 0 Å². The molecule has 3 nitrogen and oxygen atoms in total. The second-order valence-electron chi connectivity index (χ2n) is 5.04. The molecule has 1 unspecified atom stereocenters. The van der Waals surface area contributed by atoms with Crippen LogP contribution in [0.1, 0.15) is 43.6 Å². The number of carbonyl (C=O) groups is 2. The van der Waals surface area contributed by atoms with Crippen molar-refractivity contribution < 1.29 is 14.7 Å². The average molecular weight is 286 g/mol. The molecule has 2 aromatic rings. The zero-order valence-electron chi connectivity index (χ0n) is 11.1. The number of ketones is 1. The lowest BCUT2D eigenvalue weighted by molar-refractivity contribution is -0.138. The highest BCUT2D eigenvalue weighted by Gasteiger charge is 2.31. The van der Waals surface area contributed by atoms with Crippen LogP contribution in [0.3, 0.4) is 0 Å². The maximum atomic E-state index is 12.6. The number of thiophene rings is 1. The van der Waals surface area contributed by atoms with Crippen LogP contribution in [0.2, 0.25) is 0 Å². The quantitative estimate of drug-likeness (QED) is 0.880. The van der Waals surface area contributed by atoms with Gasteiger partial charge in [-0.25, -0.2) is 0 Å². The van der Waals surface area contributed by atoms with Crippen molar-refractivity contribution in [3.8, 4) is 0 Å². The molecule has 1 atom stereocenters. The molecule has 0 radical (unpaired) electrons. The highest BCUT2D eigenvalue weighted by molar-refractivity contribution is 7.14. The standard InChI is InChI=1S/C16H14O3S/c1-9-5-8-14(20-9)15(17)12-4-2-3-10-11(12)6-7-13(10)16(18)19/h2-5,8,13H,6-7H2,1H3,(H,18,19). The van der Waals surface area contributed by atoms with E-state index in [-0.39, 0.29) is 5.78 Å². The fraction of sp³-hybridized carbons (Fsp3) is 0.250. The van der Waals surface area contributed by atoms with Crippen LogP contribution in [0.15, 0.2) is 30.3 Å². The van der Waals surface area contributed by atoms with Crippen LogP contribution in [0, 0.1) is 6.92 Å². The van der Waals surface area contributed by atoms with Crippen LogP contribution in [0.5, 0.6) is 0 Å². The monoisotopic (exact) mass is 286 g/mol. The first-order valence-electron chi connectivity index (χ1n) is 6.53. The minimum Gasteiger partial charge on any atom is -0.481 e. The molecule has 0 spiro atoms. The van der Waals surface area contributed by atoms with E-state index >= 15 is 0 Å². The predicted octanol–water partition coefficient (Wildman–Crippen LogP) is 3.40. The summed E-state index contributed by atoms with van der Waals surface area (Å²) in [5.41, 5.74) is 2.38. The van der Waals surface area contributed by atoms with Crippen molar-refractivity contribution in [3.05, 3.63) is 56.8 Å². The van der Waals surface area contributed by atoms with Crippen molar-refractivity contribution in [2.45, 2.75) is 25.7 Å². The number of hydrogen-bond donors (Lipinski definition) is 1. The summed E-state index contributed by atoms with van der Waals surface area (Å²) in [4.78, 5) is 25.6. The topological polar surface area (TPSA) is 54.4 Å². The summed E-state index contributed by atoms with van der Waals surface area (Å²) in [5.74, 6) is -1.27. The van der Waals surface area contributed by atoms with Crippen LogP contribution in [0.25, 0.3) is 0 Å². The van der Waals surface area contributed by atoms with E-state index in [1.807, 2.05) is 25.1 Å². The molecule has 1 aliphatic carbocycles. The number of carboxylic acid groups (broad SMARTS) is 1. The lowest BCUT2D eigenvalue weighted by Gasteiger charge is -2.08. The first-order chi connectivity index (χ1) is 9.58. The normalized spacial score (nSPS) is 16.9. The summed E-state index contributed by atoms with van der Waals surface area (Å²) in [5, 5.41) is 9.23. The van der Waals surface area contributed by atoms with E-state index < -0.39 is 11.9 Å². The van der Waals surface area contributed by atoms with Gasteiger partial charge < -0.3 is 5.11 Å². The van der Waals surface area contributed by atoms with Gasteiger partial charge in [-0.15, -0.1) is 11.3 Å². The Morgan fingerprint density at radius 3 is 2.70 bits per heavy atom. The van der Waals surface area contributed by atoms with Crippen molar-refractivity contribution in [2.75, 3.05) is 0 Å². The summed E-state index contributed by atoms with van der Waals surface area (Å²) >= 11 is 1.48. The van der Waals surface area contributed by atoms with Crippen molar-refractivity contribution >= 4 is 23.1 Å². The Kier molecular flexibility index (Phi) is 3.18. The molecule has 4 heteroatoms. The van der Waals surface area contributed by atoms with Gasteiger partial charge in [0.15, 0.2) is 0 Å². The van der Waals surface area contributed by atoms with Gasteiger partial charge in [-0.3, -0.25) is 9.59 Å². The Bertz CT molecular complexity index is 699. The maximum absolute atomic E-state index is 12.6. The van der Waals surface area contributed by atoms with Crippen molar-refractivity contribution in [1.82, 2.24) is 0 Å². The molecule has 0 aliphatic heterocycles. The number of hydrogen-bond acceptors (Lipinski definition) is 3. The Labute approximate surface area is 120 Å². The number of rotatable bonds is 3. The number of carbonyl (C=O) groups excluding carboxylic acids is 1. The minimum atomic E-state index is -0.805. The second kappa shape index (κ2) is 4.87. The second-order valence-corrected chi connectivity index (χ2v) is 6.33. The van der Waals surface area contributed by atoms with Crippen LogP contribution in [-0.4, -0.2) is 16.9 Å². The average Bonchev–Trinajstić information content (AvgIpc) is 3.03. The van der Waals surface area contributed by atoms with Gasteiger partial charge in [-0.1, -0.05) is 18.2 Å². The summed E-state index contributed by atoms with van der Waals surface area (Å²) in [7, 11) is 0. The van der Waals surface area contributed by atoms with E-state index in [1.54, 1.807) is 12.1 Å². The van der Waals surface area contributed by atoms with Gasteiger partial charge in [0, 0.05) is 10.4 Å². The zero-order chi connectivity index (χ0) is 14.3. The molecule has 1 aliphatic rings. The van der Waals surface area contributed by atoms with Crippen LogP contribution in [-0.2, 0) is 11.2 Å². The van der Waals surface area contributed by atoms with Gasteiger partial charge in [0.2, 0.25) is 5.78 Å². The fourth-order valence-electron chi connectivity index (χ4n) is 2.81. The highest BCUT2D eigenvalue weighted by Crippen LogP contribution is 2.36. The van der Waals surface area contributed by atoms with E-state index in [1.165, 1.54) is 11.3 Å². The van der Waals surface area contributed by atoms with Gasteiger partial charge in [0.1, 0.15) is 0 Å². The summed E-state index contributed by atoms with van der Waals surface area (Å²) in [6.07, 6.45) is 1.25. The fourth-order valence-corrected chi connectivity index (χ4v) is 3.63. The van der Waals surface area contributed by atoms with Gasteiger partial charge in [0.25, 0.3) is 0 Å². The van der Waals surface area contributed by atoms with Gasteiger partial charge in [-0.05, 0) is 43.0 Å². The molecular weight excluding hydrogens is 272 g/mol.